The third-order valence-electron chi connectivity index (χ3n) is 5.48. The fourth-order valence-electron chi connectivity index (χ4n) is 3.90. The summed E-state index contributed by atoms with van der Waals surface area (Å²) in [7, 11) is 1.95. The number of nitrogens with zero attached hydrogens (tertiary/aromatic N) is 2. The predicted octanol–water partition coefficient (Wildman–Crippen LogP) is 6.57. The van der Waals surface area contributed by atoms with Crippen molar-refractivity contribution in [2.75, 3.05) is 0 Å². The second-order valence-corrected chi connectivity index (χ2v) is 7.44. The van der Waals surface area contributed by atoms with Gasteiger partial charge in [-0.2, -0.15) is 0 Å². The van der Waals surface area contributed by atoms with Crippen LogP contribution in [-0.4, -0.2) is 4.98 Å². The zero-order valence-corrected chi connectivity index (χ0v) is 16.7. The molecular weight excluding hydrogens is 368 g/mol. The predicted molar refractivity (Wildman–Crippen MR) is 122 cm³/mol. The molecule has 3 aromatic heterocycles. The molecule has 0 radical (unpaired) electrons. The highest BCUT2D eigenvalue weighted by Gasteiger charge is 2.22. The summed E-state index contributed by atoms with van der Waals surface area (Å²) in [6, 6.07) is 20.9. The van der Waals surface area contributed by atoms with E-state index in [9.17, 15) is 0 Å². The summed E-state index contributed by atoms with van der Waals surface area (Å²) in [5, 5.41) is 1.37. The smallest absolute Gasteiger partial charge is 0.227 e. The molecule has 5 aromatic rings. The van der Waals surface area contributed by atoms with E-state index in [2.05, 4.69) is 11.1 Å². The van der Waals surface area contributed by atoms with Gasteiger partial charge < -0.3 is 4.42 Å². The maximum atomic E-state index is 8.49. The van der Waals surface area contributed by atoms with Crippen molar-refractivity contribution in [3.05, 3.63) is 84.2 Å². The lowest BCUT2D eigenvalue weighted by Crippen LogP contribution is -2.30. The number of hydrogen-bond donors (Lipinski definition) is 0. The van der Waals surface area contributed by atoms with Gasteiger partial charge in [-0.1, -0.05) is 56.2 Å². The van der Waals surface area contributed by atoms with Crippen LogP contribution in [0.2, 0.25) is 0 Å². The molecule has 0 N–H and O–H groups in total. The van der Waals surface area contributed by atoms with Gasteiger partial charge >= 0.3 is 0 Å². The first kappa shape index (κ1) is 12.3. The van der Waals surface area contributed by atoms with Crippen molar-refractivity contribution in [3.63, 3.8) is 0 Å². The second-order valence-electron chi connectivity index (χ2n) is 7.44. The summed E-state index contributed by atoms with van der Waals surface area (Å²) in [6.45, 7) is -4.27. The van der Waals surface area contributed by atoms with Crippen LogP contribution in [0.15, 0.2) is 77.3 Å². The summed E-state index contributed by atoms with van der Waals surface area (Å²) >= 11 is 0. The van der Waals surface area contributed by atoms with Crippen LogP contribution < -0.4 is 4.57 Å². The molecule has 0 bridgehead atoms. The Morgan fingerprint density at radius 3 is 2.57 bits per heavy atom. The summed E-state index contributed by atoms with van der Waals surface area (Å²) in [5.74, 6) is -2.90. The van der Waals surface area contributed by atoms with Gasteiger partial charge in [-0.3, -0.25) is 0 Å². The molecule has 0 aliphatic rings. The van der Waals surface area contributed by atoms with Gasteiger partial charge in [0.15, 0.2) is 11.8 Å². The standard InChI is InChI=1S/C27H25N2O/c1-17(2)23-13-12-22-21-11-10-18(3)25(26(21)30-27(22)28-23)24-16-20(14-15-29(24)4)19-8-6-5-7-9-19/h5-17H,1-4H3/q+1/i1D3,2D3,17D. The lowest BCUT2D eigenvalue weighted by atomic mass is 9.98. The van der Waals surface area contributed by atoms with Crippen LogP contribution in [0.25, 0.3) is 44.5 Å². The number of rotatable bonds is 3. The van der Waals surface area contributed by atoms with E-state index in [-0.39, 0.29) is 11.4 Å². The fraction of sp³-hybridized carbons (Fsp3) is 0.185. The van der Waals surface area contributed by atoms with Crippen LogP contribution >= 0.6 is 0 Å². The van der Waals surface area contributed by atoms with Crippen molar-refractivity contribution in [2.24, 2.45) is 7.05 Å². The normalized spacial score (nSPS) is 16.3. The third kappa shape index (κ3) is 2.98. The van der Waals surface area contributed by atoms with Crippen LogP contribution in [0.5, 0.6) is 0 Å². The average Bonchev–Trinajstić information content (AvgIpc) is 3.21. The molecule has 0 unspecified atom stereocenters. The lowest BCUT2D eigenvalue weighted by Gasteiger charge is -2.08. The van der Waals surface area contributed by atoms with Crippen molar-refractivity contribution in [1.82, 2.24) is 4.98 Å². The molecule has 0 saturated carbocycles. The van der Waals surface area contributed by atoms with Crippen LogP contribution in [-0.2, 0) is 7.05 Å². The number of benzene rings is 2. The summed E-state index contributed by atoms with van der Waals surface area (Å²) in [5.41, 5.74) is 5.10. The quantitative estimate of drug-likeness (QED) is 0.321. The van der Waals surface area contributed by atoms with Crippen molar-refractivity contribution in [2.45, 2.75) is 26.5 Å². The minimum Gasteiger partial charge on any atom is -0.437 e. The minimum absolute atomic E-state index is 0.0892. The molecule has 0 saturated heterocycles. The largest absolute Gasteiger partial charge is 0.437 e. The molecule has 0 spiro atoms. The van der Waals surface area contributed by atoms with Gasteiger partial charge in [-0.15, -0.1) is 0 Å². The van der Waals surface area contributed by atoms with E-state index in [4.69, 9.17) is 14.0 Å². The zero-order valence-electron chi connectivity index (χ0n) is 23.7. The number of fused-ring (bicyclic) bond motifs is 3. The zero-order chi connectivity index (χ0) is 26.8. The molecule has 3 nitrogen and oxygen atoms in total. The topological polar surface area (TPSA) is 29.9 Å². The average molecular weight is 401 g/mol. The Morgan fingerprint density at radius 1 is 0.967 bits per heavy atom. The van der Waals surface area contributed by atoms with E-state index in [1.807, 2.05) is 73.3 Å². The number of furan rings is 1. The highest BCUT2D eigenvalue weighted by Crippen LogP contribution is 2.37. The van der Waals surface area contributed by atoms with Gasteiger partial charge in [0.25, 0.3) is 0 Å². The van der Waals surface area contributed by atoms with Crippen LogP contribution in [0, 0.1) is 6.92 Å². The van der Waals surface area contributed by atoms with Crippen molar-refractivity contribution >= 4 is 22.1 Å². The number of aryl methyl sites for hydroxylation is 2. The van der Waals surface area contributed by atoms with Gasteiger partial charge in [0, 0.05) is 38.2 Å². The van der Waals surface area contributed by atoms with Crippen molar-refractivity contribution in [3.8, 4) is 22.4 Å². The van der Waals surface area contributed by atoms with E-state index in [1.165, 1.54) is 6.07 Å². The third-order valence-corrected chi connectivity index (χ3v) is 5.48. The molecule has 0 aliphatic heterocycles. The van der Waals surface area contributed by atoms with Crippen LogP contribution in [0.1, 0.15) is 40.5 Å². The molecule has 3 heterocycles. The Labute approximate surface area is 186 Å². The van der Waals surface area contributed by atoms with E-state index in [0.717, 1.165) is 33.3 Å². The molecule has 0 atom stereocenters. The first-order valence-corrected chi connectivity index (χ1v) is 9.72. The lowest BCUT2D eigenvalue weighted by molar-refractivity contribution is -0.660. The molecule has 30 heavy (non-hydrogen) atoms. The van der Waals surface area contributed by atoms with Crippen LogP contribution in [0.4, 0.5) is 0 Å². The minimum atomic E-state index is -3.13. The fourth-order valence-corrected chi connectivity index (χ4v) is 3.90. The Balaban J connectivity index is 1.75. The van der Waals surface area contributed by atoms with Crippen LogP contribution in [0.3, 0.4) is 0 Å². The summed E-state index contributed by atoms with van der Waals surface area (Å²) in [6.07, 6.45) is 1.98. The summed E-state index contributed by atoms with van der Waals surface area (Å²) in [4.78, 5) is 4.29. The Morgan fingerprint density at radius 2 is 1.77 bits per heavy atom. The van der Waals surface area contributed by atoms with Crippen molar-refractivity contribution < 1.29 is 18.6 Å². The van der Waals surface area contributed by atoms with Crippen molar-refractivity contribution in [1.29, 1.82) is 0 Å². The maximum Gasteiger partial charge on any atom is 0.227 e. The molecule has 0 amide bonds. The van der Waals surface area contributed by atoms with E-state index in [0.29, 0.717) is 11.0 Å². The Bertz CT molecular complexity index is 1620. The molecule has 2 aromatic carbocycles. The van der Waals surface area contributed by atoms with E-state index >= 15 is 0 Å². The van der Waals surface area contributed by atoms with Gasteiger partial charge in [-0.25, -0.2) is 9.55 Å². The maximum absolute atomic E-state index is 8.49. The monoisotopic (exact) mass is 400 g/mol. The molecule has 5 rings (SSSR count). The second kappa shape index (κ2) is 7.10. The van der Waals surface area contributed by atoms with Gasteiger partial charge in [0.05, 0.1) is 5.56 Å². The highest BCUT2D eigenvalue weighted by molar-refractivity contribution is 6.08. The molecule has 148 valence electrons. The molecule has 0 fully saturated rings. The Hall–Kier alpha value is -3.46. The number of hydrogen-bond acceptors (Lipinski definition) is 2. The summed E-state index contributed by atoms with van der Waals surface area (Å²) < 4.78 is 63.5. The Kier molecular flexibility index (Phi) is 2.91. The first-order valence-electron chi connectivity index (χ1n) is 13.2. The highest BCUT2D eigenvalue weighted by atomic mass is 16.3. The molecule has 3 heteroatoms. The molecule has 0 aliphatic carbocycles. The van der Waals surface area contributed by atoms with Gasteiger partial charge in [0.2, 0.25) is 11.4 Å². The number of aromatic nitrogens is 2. The van der Waals surface area contributed by atoms with E-state index < -0.39 is 19.6 Å². The van der Waals surface area contributed by atoms with Gasteiger partial charge in [0.1, 0.15) is 7.05 Å². The molecular formula is C27H25N2O+. The first-order chi connectivity index (χ1) is 17.3. The SMILES string of the molecule is [2H]C([2H])([2H])C([2H])(c1ccc2c(n1)oc1c(-c3cc(-c4ccccc4)cc[n+]3C)c(C)ccc12)C([2H])([2H])[2H]. The van der Waals surface area contributed by atoms with Gasteiger partial charge in [-0.05, 0) is 41.6 Å². The number of pyridine rings is 2. The van der Waals surface area contributed by atoms with E-state index in [1.54, 1.807) is 6.07 Å².